The van der Waals surface area contributed by atoms with Crippen LogP contribution in [-0.4, -0.2) is 41.0 Å². The van der Waals surface area contributed by atoms with E-state index < -0.39 is 4.92 Å². The highest BCUT2D eigenvalue weighted by atomic mass is 16.6. The summed E-state index contributed by atoms with van der Waals surface area (Å²) < 4.78 is 0. The molecule has 0 saturated carbocycles. The van der Waals surface area contributed by atoms with Crippen molar-refractivity contribution in [3.05, 3.63) is 28.4 Å². The van der Waals surface area contributed by atoms with Gasteiger partial charge in [-0.05, 0) is 42.4 Å². The van der Waals surface area contributed by atoms with Crippen LogP contribution in [0.15, 0.2) is 18.3 Å². The molecule has 0 aromatic carbocycles. The van der Waals surface area contributed by atoms with Gasteiger partial charge in [0.2, 0.25) is 0 Å². The molecule has 1 unspecified atom stereocenters. The molecular weight excluding hydrogens is 220 g/mol. The van der Waals surface area contributed by atoms with Gasteiger partial charge < -0.3 is 20.3 Å². The number of hydrogen-bond donors (Lipinski definition) is 1. The fourth-order valence-corrected chi connectivity index (χ4v) is 2.10. The number of likely N-dealkylation sites (N-methyl/N-ethyl adjacent to an activating group) is 1. The molecular formula is C11H16N4O2. The van der Waals surface area contributed by atoms with E-state index in [1.807, 2.05) is 0 Å². The summed E-state index contributed by atoms with van der Waals surface area (Å²) in [6, 6.07) is 3.53. The highest BCUT2D eigenvalue weighted by Gasteiger charge is 2.17. The van der Waals surface area contributed by atoms with Crippen LogP contribution in [0.4, 0.5) is 11.5 Å². The summed E-state index contributed by atoms with van der Waals surface area (Å²) >= 11 is 0. The van der Waals surface area contributed by atoms with Crippen molar-refractivity contribution in [2.75, 3.05) is 25.5 Å². The lowest BCUT2D eigenvalue weighted by Gasteiger charge is -2.30. The van der Waals surface area contributed by atoms with E-state index in [4.69, 9.17) is 0 Å². The van der Waals surface area contributed by atoms with Crippen LogP contribution in [0.5, 0.6) is 0 Å². The van der Waals surface area contributed by atoms with Crippen LogP contribution in [-0.2, 0) is 0 Å². The van der Waals surface area contributed by atoms with E-state index in [2.05, 4.69) is 22.2 Å². The molecule has 1 atom stereocenters. The summed E-state index contributed by atoms with van der Waals surface area (Å²) in [5.41, 5.74) is 0.843. The number of aromatic nitrogens is 1. The lowest BCUT2D eigenvalue weighted by Crippen LogP contribution is -2.39. The number of anilines is 1. The lowest BCUT2D eigenvalue weighted by molar-refractivity contribution is -0.389. The second kappa shape index (κ2) is 5.09. The van der Waals surface area contributed by atoms with Gasteiger partial charge in [0, 0.05) is 18.7 Å². The Balaban J connectivity index is 1.96. The number of nitrogens with zero attached hydrogens (tertiary/aromatic N) is 3. The number of pyridine rings is 1. The van der Waals surface area contributed by atoms with Crippen LogP contribution in [0.2, 0.25) is 0 Å². The summed E-state index contributed by atoms with van der Waals surface area (Å²) in [5, 5.41) is 13.8. The molecule has 1 N–H and O–H groups in total. The highest BCUT2D eigenvalue weighted by Crippen LogP contribution is 2.16. The first kappa shape index (κ1) is 11.8. The van der Waals surface area contributed by atoms with Crippen molar-refractivity contribution in [1.82, 2.24) is 9.88 Å². The van der Waals surface area contributed by atoms with E-state index in [0.717, 1.165) is 25.2 Å². The summed E-state index contributed by atoms with van der Waals surface area (Å²) in [4.78, 5) is 16.0. The molecule has 2 rings (SSSR count). The first-order valence-electron chi connectivity index (χ1n) is 5.70. The smallest absolute Gasteiger partial charge is 0.363 e. The normalized spacial score (nSPS) is 21.1. The molecule has 1 aromatic rings. The fourth-order valence-electron chi connectivity index (χ4n) is 2.10. The highest BCUT2D eigenvalue weighted by molar-refractivity contribution is 5.44. The molecule has 1 fully saturated rings. The number of nitro groups is 1. The second-order valence-corrected chi connectivity index (χ2v) is 4.41. The predicted octanol–water partition coefficient (Wildman–Crippen LogP) is 1.50. The van der Waals surface area contributed by atoms with Crippen LogP contribution in [0.1, 0.15) is 12.8 Å². The van der Waals surface area contributed by atoms with Crippen LogP contribution in [0.3, 0.4) is 0 Å². The summed E-state index contributed by atoms with van der Waals surface area (Å²) in [7, 11) is 2.10. The Morgan fingerprint density at radius 2 is 2.41 bits per heavy atom. The first-order chi connectivity index (χ1) is 8.15. The lowest BCUT2D eigenvalue weighted by atomic mass is 10.1. The van der Waals surface area contributed by atoms with Crippen LogP contribution in [0.25, 0.3) is 0 Å². The standard InChI is InChI=1S/C11H16N4O2/c1-14-6-2-3-10(8-14)13-9-4-5-11(12-7-9)15(16)17/h4-5,7,10,13H,2-3,6,8H2,1H3. The third-order valence-electron chi connectivity index (χ3n) is 2.93. The monoisotopic (exact) mass is 236 g/mol. The molecule has 0 spiro atoms. The van der Waals surface area contributed by atoms with Gasteiger partial charge in [0.05, 0.1) is 5.69 Å². The molecule has 2 heterocycles. The van der Waals surface area contributed by atoms with E-state index in [9.17, 15) is 10.1 Å². The van der Waals surface area contributed by atoms with Gasteiger partial charge in [-0.1, -0.05) is 0 Å². The second-order valence-electron chi connectivity index (χ2n) is 4.41. The third-order valence-corrected chi connectivity index (χ3v) is 2.93. The average Bonchev–Trinajstić information content (AvgIpc) is 2.29. The molecule has 1 saturated heterocycles. The van der Waals surface area contributed by atoms with Gasteiger partial charge >= 0.3 is 5.82 Å². The van der Waals surface area contributed by atoms with Crippen molar-refractivity contribution < 1.29 is 4.92 Å². The summed E-state index contributed by atoms with van der Waals surface area (Å²) in [6.45, 7) is 2.13. The van der Waals surface area contributed by atoms with E-state index in [1.165, 1.54) is 18.7 Å². The molecule has 1 aromatic heterocycles. The third kappa shape index (κ3) is 3.13. The fraction of sp³-hybridized carbons (Fsp3) is 0.545. The number of hydrogen-bond acceptors (Lipinski definition) is 5. The minimum atomic E-state index is -0.488. The van der Waals surface area contributed by atoms with Crippen molar-refractivity contribution in [2.24, 2.45) is 0 Å². The quantitative estimate of drug-likeness (QED) is 0.636. The molecule has 0 aliphatic carbocycles. The maximum absolute atomic E-state index is 10.5. The first-order valence-corrected chi connectivity index (χ1v) is 5.70. The van der Waals surface area contributed by atoms with Gasteiger partial charge in [0.25, 0.3) is 0 Å². The van der Waals surface area contributed by atoms with E-state index in [-0.39, 0.29) is 5.82 Å². The molecule has 0 radical (unpaired) electrons. The molecule has 1 aliphatic heterocycles. The summed E-state index contributed by atoms with van der Waals surface area (Å²) in [5.74, 6) is -0.115. The van der Waals surface area contributed by atoms with Crippen molar-refractivity contribution >= 4 is 11.5 Å². The number of likely N-dealkylation sites (tertiary alicyclic amines) is 1. The molecule has 1 aliphatic rings. The van der Waals surface area contributed by atoms with Gasteiger partial charge in [0.15, 0.2) is 6.20 Å². The maximum atomic E-state index is 10.5. The zero-order chi connectivity index (χ0) is 12.3. The van der Waals surface area contributed by atoms with Gasteiger partial charge in [-0.3, -0.25) is 0 Å². The SMILES string of the molecule is CN1CCCC(Nc2ccc([N+](=O)[O-])nc2)C1. The minimum absolute atomic E-state index is 0.115. The molecule has 6 nitrogen and oxygen atoms in total. The largest absolute Gasteiger partial charge is 0.378 e. The molecule has 6 heteroatoms. The van der Waals surface area contributed by atoms with Crippen LogP contribution in [0, 0.1) is 10.1 Å². The van der Waals surface area contributed by atoms with Gasteiger partial charge in [-0.15, -0.1) is 0 Å². The summed E-state index contributed by atoms with van der Waals surface area (Å²) in [6.07, 6.45) is 3.82. The maximum Gasteiger partial charge on any atom is 0.363 e. The topological polar surface area (TPSA) is 71.3 Å². The number of rotatable bonds is 3. The Kier molecular flexibility index (Phi) is 3.53. The van der Waals surface area contributed by atoms with Crippen molar-refractivity contribution in [3.63, 3.8) is 0 Å². The molecule has 17 heavy (non-hydrogen) atoms. The Morgan fingerprint density at radius 3 is 3.00 bits per heavy atom. The Hall–Kier alpha value is -1.69. The van der Waals surface area contributed by atoms with Crippen LogP contribution >= 0.6 is 0 Å². The van der Waals surface area contributed by atoms with Crippen molar-refractivity contribution in [2.45, 2.75) is 18.9 Å². The average molecular weight is 236 g/mol. The van der Waals surface area contributed by atoms with Gasteiger partial charge in [-0.25, -0.2) is 0 Å². The van der Waals surface area contributed by atoms with Gasteiger partial charge in [0.1, 0.15) is 0 Å². The zero-order valence-corrected chi connectivity index (χ0v) is 9.80. The molecule has 92 valence electrons. The Labute approximate surface area is 99.8 Å². The Morgan fingerprint density at radius 1 is 1.59 bits per heavy atom. The zero-order valence-electron chi connectivity index (χ0n) is 9.80. The van der Waals surface area contributed by atoms with E-state index in [0.29, 0.717) is 6.04 Å². The van der Waals surface area contributed by atoms with E-state index in [1.54, 1.807) is 6.07 Å². The number of nitrogens with one attached hydrogen (secondary N) is 1. The van der Waals surface area contributed by atoms with E-state index >= 15 is 0 Å². The van der Waals surface area contributed by atoms with Crippen LogP contribution < -0.4 is 5.32 Å². The molecule has 0 bridgehead atoms. The van der Waals surface area contributed by atoms with Crippen molar-refractivity contribution in [3.8, 4) is 0 Å². The molecule has 0 amide bonds. The Bertz CT molecular complexity index is 393. The minimum Gasteiger partial charge on any atom is -0.378 e. The van der Waals surface area contributed by atoms with Crippen molar-refractivity contribution in [1.29, 1.82) is 0 Å². The number of piperidine rings is 1. The van der Waals surface area contributed by atoms with Gasteiger partial charge in [-0.2, -0.15) is 0 Å². The predicted molar refractivity (Wildman–Crippen MR) is 65.0 cm³/mol.